The number of hydrogen-bond acceptors (Lipinski definition) is 8. The molecule has 0 fully saturated rings. The van der Waals surface area contributed by atoms with Crippen molar-refractivity contribution >= 4 is 67.0 Å². The van der Waals surface area contributed by atoms with E-state index >= 15 is 0 Å². The fourth-order valence-electron chi connectivity index (χ4n) is 5.83. The van der Waals surface area contributed by atoms with Gasteiger partial charge < -0.3 is 18.9 Å². The van der Waals surface area contributed by atoms with Gasteiger partial charge in [0.15, 0.2) is 0 Å². The van der Waals surface area contributed by atoms with Crippen LogP contribution in [-0.2, 0) is 18.9 Å². The normalized spacial score (nSPS) is 11.3. The highest BCUT2D eigenvalue weighted by atomic mass is 16.5. The summed E-state index contributed by atoms with van der Waals surface area (Å²) < 4.78 is 22.1. The summed E-state index contributed by atoms with van der Waals surface area (Å²) in [6.07, 6.45) is 6.43. The molecule has 0 atom stereocenters. The Balaban J connectivity index is 1.61. The molecular weight excluding hydrogens is 632 g/mol. The van der Waals surface area contributed by atoms with Gasteiger partial charge >= 0.3 is 23.9 Å². The van der Waals surface area contributed by atoms with Gasteiger partial charge in [-0.15, -0.1) is 0 Å². The van der Waals surface area contributed by atoms with E-state index in [1.165, 1.54) is 0 Å². The van der Waals surface area contributed by atoms with E-state index in [0.717, 1.165) is 94.5 Å². The predicted molar refractivity (Wildman–Crippen MR) is 197 cm³/mol. The van der Waals surface area contributed by atoms with Crippen molar-refractivity contribution in [3.8, 4) is 0 Å². The van der Waals surface area contributed by atoms with Crippen LogP contribution in [0.5, 0.6) is 0 Å². The summed E-state index contributed by atoms with van der Waals surface area (Å²) in [5, 5.41) is 6.88. The van der Waals surface area contributed by atoms with Gasteiger partial charge in [-0.3, -0.25) is 0 Å². The topological polar surface area (TPSA) is 105 Å². The Morgan fingerprint density at radius 2 is 0.520 bits per heavy atom. The maximum Gasteiger partial charge on any atom is 0.339 e. The summed E-state index contributed by atoms with van der Waals surface area (Å²) in [5.74, 6) is -2.20. The number of esters is 4. The highest BCUT2D eigenvalue weighted by molar-refractivity contribution is 6.13. The molecule has 262 valence electrons. The van der Waals surface area contributed by atoms with Crippen LogP contribution in [0.25, 0.3) is 43.1 Å². The molecule has 8 nitrogen and oxygen atoms in total. The van der Waals surface area contributed by atoms with Crippen LogP contribution in [0.2, 0.25) is 0 Å². The number of carbonyl (C=O) groups excluding carboxylic acids is 4. The zero-order valence-corrected chi connectivity index (χ0v) is 29.5. The summed E-state index contributed by atoms with van der Waals surface area (Å²) in [7, 11) is 0. The molecule has 5 aromatic carbocycles. The molecule has 8 heteroatoms. The van der Waals surface area contributed by atoms with E-state index in [4.69, 9.17) is 18.9 Å². The minimum absolute atomic E-state index is 0.184. The first-order chi connectivity index (χ1) is 24.3. The van der Waals surface area contributed by atoms with Crippen LogP contribution in [0.1, 0.15) is 120 Å². The molecule has 0 saturated carbocycles. The van der Waals surface area contributed by atoms with Gasteiger partial charge in [0, 0.05) is 0 Å². The van der Waals surface area contributed by atoms with Gasteiger partial charge in [-0.1, -0.05) is 53.4 Å². The number of ether oxygens (including phenoxy) is 4. The van der Waals surface area contributed by atoms with Crippen molar-refractivity contribution in [3.05, 3.63) is 82.9 Å². The summed E-state index contributed by atoms with van der Waals surface area (Å²) in [6.45, 7) is 9.16. The molecule has 0 aromatic heterocycles. The van der Waals surface area contributed by atoms with Crippen molar-refractivity contribution in [1.29, 1.82) is 0 Å². The molecule has 5 aromatic rings. The minimum Gasteiger partial charge on any atom is -0.462 e. The molecule has 0 aliphatic heterocycles. The lowest BCUT2D eigenvalue weighted by Crippen LogP contribution is -2.15. The van der Waals surface area contributed by atoms with E-state index in [1.807, 2.05) is 52.0 Å². The highest BCUT2D eigenvalue weighted by Gasteiger charge is 2.23. The molecule has 0 radical (unpaired) electrons. The van der Waals surface area contributed by atoms with Crippen LogP contribution in [-0.4, -0.2) is 50.3 Å². The average molecular weight is 679 g/mol. The Morgan fingerprint density at radius 1 is 0.340 bits per heavy atom. The Hall–Kier alpha value is -4.98. The Bertz CT molecular complexity index is 1760. The first-order valence-electron chi connectivity index (χ1n) is 17.9. The van der Waals surface area contributed by atoms with E-state index in [0.29, 0.717) is 0 Å². The van der Waals surface area contributed by atoms with Crippen LogP contribution in [0.4, 0.5) is 0 Å². The number of benzene rings is 5. The summed E-state index contributed by atoms with van der Waals surface area (Å²) in [6, 6.07) is 18.9. The third-order valence-electron chi connectivity index (χ3n) is 8.78. The summed E-state index contributed by atoms with van der Waals surface area (Å²) >= 11 is 0. The zero-order chi connectivity index (χ0) is 35.6. The highest BCUT2D eigenvalue weighted by Crippen LogP contribution is 2.33. The van der Waals surface area contributed by atoms with E-state index in [2.05, 4.69) is 12.1 Å². The lowest BCUT2D eigenvalue weighted by atomic mass is 9.94. The molecule has 5 rings (SSSR count). The molecule has 0 amide bonds. The molecule has 50 heavy (non-hydrogen) atoms. The molecule has 0 unspecified atom stereocenters. The van der Waals surface area contributed by atoms with Gasteiger partial charge in [0.2, 0.25) is 0 Å². The standard InChI is InChI=1S/C42H46O8/c1-5-9-13-47-39(43)35-23-31-19-27-17-29-21-33-25-37(41(45)49-15-11-7-3)38(42(46)50-16-12-8-4)26-34(33)22-30(29)18-28(27)20-32(31)24-36(35)40(44)48-14-10-6-2/h17-26H,5-16H2,1-4H3. The maximum absolute atomic E-state index is 13.2. The van der Waals surface area contributed by atoms with Crippen molar-refractivity contribution in [2.45, 2.75) is 79.1 Å². The maximum atomic E-state index is 13.2. The lowest BCUT2D eigenvalue weighted by molar-refractivity contribution is 0.0452. The van der Waals surface area contributed by atoms with E-state index < -0.39 is 23.9 Å². The molecule has 0 heterocycles. The van der Waals surface area contributed by atoms with Gasteiger partial charge in [0.05, 0.1) is 48.7 Å². The predicted octanol–water partition coefficient (Wildman–Crippen LogP) is 10.1. The number of fused-ring (bicyclic) bond motifs is 4. The third kappa shape index (κ3) is 8.41. The Kier molecular flexibility index (Phi) is 12.4. The number of hydrogen-bond donors (Lipinski definition) is 0. The summed E-state index contributed by atoms with van der Waals surface area (Å²) in [5.41, 5.74) is 0.736. The molecule has 0 bridgehead atoms. The van der Waals surface area contributed by atoms with Crippen molar-refractivity contribution in [3.63, 3.8) is 0 Å². The Morgan fingerprint density at radius 3 is 0.700 bits per heavy atom. The number of carbonyl (C=O) groups is 4. The first kappa shape index (κ1) is 36.3. The second-order valence-electron chi connectivity index (χ2n) is 12.7. The average Bonchev–Trinajstić information content (AvgIpc) is 3.11. The molecule has 0 N–H and O–H groups in total. The molecule has 0 spiro atoms. The van der Waals surface area contributed by atoms with Crippen LogP contribution in [0.3, 0.4) is 0 Å². The number of unbranched alkanes of at least 4 members (excludes halogenated alkanes) is 4. The second-order valence-corrected chi connectivity index (χ2v) is 12.7. The van der Waals surface area contributed by atoms with Gasteiger partial charge in [-0.05, 0) is 129 Å². The van der Waals surface area contributed by atoms with Crippen molar-refractivity contribution in [2.75, 3.05) is 26.4 Å². The van der Waals surface area contributed by atoms with E-state index in [1.54, 1.807) is 24.3 Å². The van der Waals surface area contributed by atoms with Crippen molar-refractivity contribution in [2.24, 2.45) is 0 Å². The molecule has 0 aliphatic rings. The van der Waals surface area contributed by atoms with Crippen molar-refractivity contribution < 1.29 is 38.1 Å². The quantitative estimate of drug-likeness (QED) is 0.0439. The molecular formula is C42H46O8. The van der Waals surface area contributed by atoms with Gasteiger partial charge in [-0.25, -0.2) is 19.2 Å². The smallest absolute Gasteiger partial charge is 0.339 e. The largest absolute Gasteiger partial charge is 0.462 e. The fourth-order valence-corrected chi connectivity index (χ4v) is 5.83. The third-order valence-corrected chi connectivity index (χ3v) is 8.78. The monoisotopic (exact) mass is 678 g/mol. The summed E-state index contributed by atoms with van der Waals surface area (Å²) in [4.78, 5) is 52.7. The van der Waals surface area contributed by atoms with Crippen LogP contribution < -0.4 is 0 Å². The first-order valence-corrected chi connectivity index (χ1v) is 17.9. The van der Waals surface area contributed by atoms with E-state index in [9.17, 15) is 19.2 Å². The van der Waals surface area contributed by atoms with Gasteiger partial charge in [0.25, 0.3) is 0 Å². The van der Waals surface area contributed by atoms with Gasteiger partial charge in [0.1, 0.15) is 0 Å². The van der Waals surface area contributed by atoms with Crippen molar-refractivity contribution in [1.82, 2.24) is 0 Å². The van der Waals surface area contributed by atoms with Gasteiger partial charge in [-0.2, -0.15) is 0 Å². The minimum atomic E-state index is -0.550. The number of rotatable bonds is 16. The van der Waals surface area contributed by atoms with Crippen LogP contribution in [0.15, 0.2) is 60.7 Å². The van der Waals surface area contributed by atoms with Crippen LogP contribution >= 0.6 is 0 Å². The molecule has 0 aliphatic carbocycles. The molecule has 0 saturated heterocycles. The fraction of sp³-hybridized carbons (Fsp3) is 0.381. The van der Waals surface area contributed by atoms with E-state index in [-0.39, 0.29) is 48.7 Å². The van der Waals surface area contributed by atoms with Crippen LogP contribution in [0, 0.1) is 0 Å². The zero-order valence-electron chi connectivity index (χ0n) is 29.5. The second kappa shape index (κ2) is 17.1. The lowest BCUT2D eigenvalue weighted by Gasteiger charge is -2.13. The SMILES string of the molecule is CCCCOC(=O)c1cc2cc3cc4cc5cc(C(=O)OCCCC)c(C(=O)OCCCC)cc5cc4cc3cc2cc1C(=O)OCCCC. The Labute approximate surface area is 293 Å².